The number of pyridine rings is 1. The van der Waals surface area contributed by atoms with Crippen molar-refractivity contribution in [2.75, 3.05) is 32.7 Å². The number of hydrogen-bond acceptors (Lipinski definition) is 7. The van der Waals surface area contributed by atoms with Gasteiger partial charge in [0.15, 0.2) is 0 Å². The molecule has 2 aromatic heterocycles. The third-order valence-electron chi connectivity index (χ3n) is 8.70. The van der Waals surface area contributed by atoms with Crippen LogP contribution in [0.3, 0.4) is 0 Å². The van der Waals surface area contributed by atoms with Gasteiger partial charge < -0.3 is 19.4 Å². The highest BCUT2D eigenvalue weighted by atomic mass is 16.5. The topological polar surface area (TPSA) is 95.6 Å². The maximum absolute atomic E-state index is 12.6. The fraction of sp³-hybridized carbons (Fsp3) is 0.548. The van der Waals surface area contributed by atoms with Gasteiger partial charge in [-0.3, -0.25) is 9.78 Å². The maximum atomic E-state index is 12.6. The first kappa shape index (κ1) is 27.5. The fourth-order valence-electron chi connectivity index (χ4n) is 6.34. The van der Waals surface area contributed by atoms with E-state index in [1.165, 1.54) is 5.56 Å². The van der Waals surface area contributed by atoms with E-state index in [0.717, 1.165) is 50.0 Å². The fourth-order valence-corrected chi connectivity index (χ4v) is 6.34. The second kappa shape index (κ2) is 10.8. The van der Waals surface area contributed by atoms with Crippen LogP contribution in [0.1, 0.15) is 88.3 Å². The van der Waals surface area contributed by atoms with E-state index < -0.39 is 5.60 Å². The second-order valence-corrected chi connectivity index (χ2v) is 12.0. The number of aliphatic hydroxyl groups is 1. The van der Waals surface area contributed by atoms with Crippen LogP contribution in [-0.2, 0) is 10.4 Å². The van der Waals surface area contributed by atoms with Gasteiger partial charge in [0.1, 0.15) is 5.60 Å². The van der Waals surface area contributed by atoms with Crippen LogP contribution in [0, 0.1) is 5.41 Å². The second-order valence-electron chi connectivity index (χ2n) is 12.0. The molecule has 3 aromatic rings. The highest BCUT2D eigenvalue weighted by Gasteiger charge is 2.56. The summed E-state index contributed by atoms with van der Waals surface area (Å²) >= 11 is 0. The lowest BCUT2D eigenvalue weighted by molar-refractivity contribution is -0.135. The number of likely N-dealkylation sites (tertiary alicyclic amines) is 2. The molecule has 0 saturated carbocycles. The van der Waals surface area contributed by atoms with E-state index >= 15 is 0 Å². The number of piperidine rings is 1. The van der Waals surface area contributed by atoms with Crippen molar-refractivity contribution in [1.82, 2.24) is 24.9 Å². The van der Waals surface area contributed by atoms with Gasteiger partial charge in [0.25, 0.3) is 0 Å². The number of benzene rings is 1. The summed E-state index contributed by atoms with van der Waals surface area (Å²) in [5, 5.41) is 16.9. The molecule has 2 aliphatic rings. The van der Waals surface area contributed by atoms with Crippen LogP contribution in [0.4, 0.5) is 0 Å². The Kier molecular flexibility index (Phi) is 7.62. The van der Waals surface area contributed by atoms with Crippen molar-refractivity contribution in [3.63, 3.8) is 0 Å². The lowest BCUT2D eigenvalue weighted by Crippen LogP contribution is -2.64. The molecule has 2 aliphatic heterocycles. The minimum atomic E-state index is -1.23. The number of carbonyl (C=O) groups excluding carboxylic acids is 1. The van der Waals surface area contributed by atoms with Crippen LogP contribution in [0.25, 0.3) is 11.4 Å². The first-order valence-electron chi connectivity index (χ1n) is 14.2. The van der Waals surface area contributed by atoms with E-state index in [9.17, 15) is 9.90 Å². The molecule has 5 rings (SSSR count). The Morgan fingerprint density at radius 1 is 1.15 bits per heavy atom. The minimum absolute atomic E-state index is 0.104. The summed E-state index contributed by atoms with van der Waals surface area (Å²) in [5.41, 5.74) is 1.95. The third-order valence-corrected chi connectivity index (χ3v) is 8.70. The largest absolute Gasteiger partial charge is 0.380 e. The molecule has 0 aliphatic carbocycles. The van der Waals surface area contributed by atoms with Crippen LogP contribution in [0.2, 0.25) is 0 Å². The summed E-state index contributed by atoms with van der Waals surface area (Å²) in [5.74, 6) is 1.72. The highest BCUT2D eigenvalue weighted by Crippen LogP contribution is 2.51. The summed E-state index contributed by atoms with van der Waals surface area (Å²) in [7, 11) is 0. The highest BCUT2D eigenvalue weighted by molar-refractivity contribution is 5.73. The van der Waals surface area contributed by atoms with Crippen LogP contribution in [0.5, 0.6) is 0 Å². The molecule has 39 heavy (non-hydrogen) atoms. The number of amides is 1. The van der Waals surface area contributed by atoms with Crippen LogP contribution >= 0.6 is 0 Å². The molecule has 0 bridgehead atoms. The molecular formula is C31H41N5O3. The van der Waals surface area contributed by atoms with Gasteiger partial charge in [0.2, 0.25) is 17.6 Å². The van der Waals surface area contributed by atoms with E-state index in [1.807, 2.05) is 11.0 Å². The molecule has 1 amide bonds. The van der Waals surface area contributed by atoms with Gasteiger partial charge in [-0.1, -0.05) is 57.1 Å². The Bertz CT molecular complexity index is 1290. The SMILES string of the molecule is CCCN1CC(C)([C@](O)(c2ccc(C(C)C)cc2)c2cncc(-c3noc(C4CCN(C(C)=O)CC4)n3)c2)C1. The van der Waals surface area contributed by atoms with Crippen molar-refractivity contribution >= 4 is 5.91 Å². The molecule has 8 heteroatoms. The Labute approximate surface area is 231 Å². The van der Waals surface area contributed by atoms with Gasteiger partial charge in [-0.05, 0) is 48.9 Å². The average Bonchev–Trinajstić information content (AvgIpc) is 3.42. The molecule has 2 saturated heterocycles. The third kappa shape index (κ3) is 5.12. The Morgan fingerprint density at radius 2 is 1.85 bits per heavy atom. The van der Waals surface area contributed by atoms with Crippen LogP contribution < -0.4 is 0 Å². The number of rotatable bonds is 8. The van der Waals surface area contributed by atoms with Crippen LogP contribution in [-0.4, -0.2) is 68.7 Å². The summed E-state index contributed by atoms with van der Waals surface area (Å²) in [4.78, 5) is 25.2. The van der Waals surface area contributed by atoms with Crippen LogP contribution in [0.15, 0.2) is 47.2 Å². The number of nitrogens with zero attached hydrogens (tertiary/aromatic N) is 5. The van der Waals surface area contributed by atoms with E-state index in [2.05, 4.69) is 67.0 Å². The number of aromatic nitrogens is 3. The standard InChI is InChI=1S/C31H41N5O3/c1-6-13-35-19-30(5,20-35)31(38,26-9-7-23(8-10-26)21(2)3)27-16-25(17-32-18-27)28-33-29(39-34-28)24-11-14-36(15-12-24)22(4)37/h7-10,16-18,21,24,38H,6,11-15,19-20H2,1-5H3/t31-/m0/s1. The minimum Gasteiger partial charge on any atom is -0.380 e. The van der Waals surface area contributed by atoms with Crippen molar-refractivity contribution in [2.45, 2.75) is 71.3 Å². The van der Waals surface area contributed by atoms with Crippen molar-refractivity contribution in [1.29, 1.82) is 0 Å². The van der Waals surface area contributed by atoms with Gasteiger partial charge in [-0.25, -0.2) is 0 Å². The molecule has 0 spiro atoms. The molecular weight excluding hydrogens is 490 g/mol. The van der Waals surface area contributed by atoms with E-state index in [-0.39, 0.29) is 17.2 Å². The van der Waals surface area contributed by atoms with Crippen molar-refractivity contribution in [3.05, 3.63) is 65.3 Å². The van der Waals surface area contributed by atoms with E-state index in [1.54, 1.807) is 19.3 Å². The van der Waals surface area contributed by atoms with E-state index in [0.29, 0.717) is 36.3 Å². The Morgan fingerprint density at radius 3 is 2.46 bits per heavy atom. The summed E-state index contributed by atoms with van der Waals surface area (Å²) < 4.78 is 5.68. The molecule has 1 N–H and O–H groups in total. The molecule has 208 valence electrons. The zero-order chi connectivity index (χ0) is 27.8. The first-order chi connectivity index (χ1) is 18.6. The molecule has 1 atom stereocenters. The number of carbonyl (C=O) groups is 1. The summed E-state index contributed by atoms with van der Waals surface area (Å²) in [6.07, 6.45) is 6.19. The molecule has 2 fully saturated rings. The smallest absolute Gasteiger partial charge is 0.230 e. The lowest BCUT2D eigenvalue weighted by Gasteiger charge is -2.57. The van der Waals surface area contributed by atoms with Crippen molar-refractivity contribution < 1.29 is 14.4 Å². The van der Waals surface area contributed by atoms with Crippen molar-refractivity contribution in [3.8, 4) is 11.4 Å². The zero-order valence-corrected chi connectivity index (χ0v) is 23.9. The van der Waals surface area contributed by atoms with E-state index in [4.69, 9.17) is 9.51 Å². The normalized spacial score (nSPS) is 19.6. The molecule has 0 radical (unpaired) electrons. The summed E-state index contributed by atoms with van der Waals surface area (Å²) in [6.45, 7) is 14.3. The predicted octanol–water partition coefficient (Wildman–Crippen LogP) is 4.95. The quantitative estimate of drug-likeness (QED) is 0.439. The van der Waals surface area contributed by atoms with Gasteiger partial charge in [0, 0.05) is 68.0 Å². The first-order valence-corrected chi connectivity index (χ1v) is 14.2. The Balaban J connectivity index is 1.46. The lowest BCUT2D eigenvalue weighted by atomic mass is 9.62. The van der Waals surface area contributed by atoms with Gasteiger partial charge in [-0.2, -0.15) is 4.98 Å². The zero-order valence-electron chi connectivity index (χ0n) is 23.9. The van der Waals surface area contributed by atoms with Gasteiger partial charge >= 0.3 is 0 Å². The van der Waals surface area contributed by atoms with Gasteiger partial charge in [-0.15, -0.1) is 0 Å². The molecule has 8 nitrogen and oxygen atoms in total. The monoisotopic (exact) mass is 531 g/mol. The molecule has 0 unspecified atom stereocenters. The molecule has 4 heterocycles. The van der Waals surface area contributed by atoms with Gasteiger partial charge in [0.05, 0.1) is 0 Å². The average molecular weight is 532 g/mol. The summed E-state index contributed by atoms with van der Waals surface area (Å²) in [6, 6.07) is 10.3. The maximum Gasteiger partial charge on any atom is 0.230 e. The number of hydrogen-bond donors (Lipinski definition) is 1. The Hall–Kier alpha value is -3.10. The molecule has 1 aromatic carbocycles. The van der Waals surface area contributed by atoms with Crippen molar-refractivity contribution in [2.24, 2.45) is 5.41 Å². The predicted molar refractivity (Wildman–Crippen MR) is 150 cm³/mol.